The van der Waals surface area contributed by atoms with Gasteiger partial charge in [0.25, 0.3) is 0 Å². The second-order valence-corrected chi connectivity index (χ2v) is 7.77. The summed E-state index contributed by atoms with van der Waals surface area (Å²) >= 11 is 0. The number of anilines is 2. The third kappa shape index (κ3) is 4.14. The molecule has 0 saturated carbocycles. The van der Waals surface area contributed by atoms with E-state index in [1.807, 2.05) is 41.7 Å². The Morgan fingerprint density at radius 1 is 1.00 bits per heavy atom. The van der Waals surface area contributed by atoms with E-state index in [9.17, 15) is 0 Å². The van der Waals surface area contributed by atoms with Crippen LogP contribution in [0.1, 0.15) is 45.0 Å². The molecule has 150 valence electrons. The Kier molecular flexibility index (Phi) is 5.31. The first-order chi connectivity index (χ1) is 14.0. The third-order valence-corrected chi connectivity index (χ3v) is 4.60. The van der Waals surface area contributed by atoms with Crippen LogP contribution in [0.15, 0.2) is 60.7 Å². The van der Waals surface area contributed by atoms with Gasteiger partial charge < -0.3 is 10.6 Å². The Balaban J connectivity index is 1.76. The van der Waals surface area contributed by atoms with E-state index in [4.69, 9.17) is 4.98 Å². The number of nitrogens with one attached hydrogen (secondary N) is 3. The van der Waals surface area contributed by atoms with Crippen molar-refractivity contribution in [2.45, 2.75) is 45.8 Å². The standard InChI is InChI=1S/C22H27N7/c1-14(2)25-19-13-16(8-10-23-19)21-20(18-7-5-6-12-29(18)28-21)17-9-11-24-22(27-17)26-15(3)4/h5-15,21,28H,1-4H3,(H,23,25)(H,24,26,27). The van der Waals surface area contributed by atoms with Crippen molar-refractivity contribution in [3.8, 4) is 0 Å². The minimum Gasteiger partial charge on any atom is -0.368 e. The monoisotopic (exact) mass is 389 g/mol. The van der Waals surface area contributed by atoms with Crippen LogP contribution >= 0.6 is 0 Å². The number of rotatable bonds is 6. The normalized spacial score (nSPS) is 18.0. The Morgan fingerprint density at radius 3 is 2.59 bits per heavy atom. The smallest absolute Gasteiger partial charge is 0.223 e. The molecule has 0 aliphatic carbocycles. The molecule has 0 saturated heterocycles. The van der Waals surface area contributed by atoms with Crippen LogP contribution in [0.3, 0.4) is 0 Å². The molecule has 4 heterocycles. The maximum Gasteiger partial charge on any atom is 0.223 e. The lowest BCUT2D eigenvalue weighted by Gasteiger charge is -2.20. The van der Waals surface area contributed by atoms with Crippen molar-refractivity contribution in [3.63, 3.8) is 0 Å². The Labute approximate surface area is 171 Å². The van der Waals surface area contributed by atoms with Gasteiger partial charge in [-0.25, -0.2) is 20.4 Å². The molecule has 7 heteroatoms. The van der Waals surface area contributed by atoms with Crippen LogP contribution in [-0.4, -0.2) is 32.0 Å². The van der Waals surface area contributed by atoms with Gasteiger partial charge in [-0.1, -0.05) is 6.08 Å². The van der Waals surface area contributed by atoms with E-state index < -0.39 is 0 Å². The minimum atomic E-state index is -0.0464. The Bertz CT molecular complexity index is 975. The molecule has 0 radical (unpaired) electrons. The summed E-state index contributed by atoms with van der Waals surface area (Å²) in [5.41, 5.74) is 7.80. The first kappa shape index (κ1) is 19.1. The van der Waals surface area contributed by atoms with Gasteiger partial charge in [-0.05, 0) is 63.6 Å². The maximum atomic E-state index is 4.80. The van der Waals surface area contributed by atoms with E-state index in [0.717, 1.165) is 28.3 Å². The zero-order valence-corrected chi connectivity index (χ0v) is 17.2. The summed E-state index contributed by atoms with van der Waals surface area (Å²) in [6.07, 6.45) is 11.8. The molecule has 0 bridgehead atoms. The molecule has 2 aliphatic rings. The summed E-state index contributed by atoms with van der Waals surface area (Å²) in [6, 6.07) is 6.64. The van der Waals surface area contributed by atoms with Crippen LogP contribution in [0.25, 0.3) is 5.57 Å². The fourth-order valence-electron chi connectivity index (χ4n) is 3.48. The molecule has 0 amide bonds. The van der Waals surface area contributed by atoms with Crippen LogP contribution < -0.4 is 16.1 Å². The number of fused-ring (bicyclic) bond motifs is 1. The second-order valence-electron chi connectivity index (χ2n) is 7.77. The highest BCUT2D eigenvalue weighted by Crippen LogP contribution is 2.40. The topological polar surface area (TPSA) is 78.0 Å². The zero-order valence-electron chi connectivity index (χ0n) is 17.2. The van der Waals surface area contributed by atoms with Crippen molar-refractivity contribution < 1.29 is 0 Å². The average molecular weight is 390 g/mol. The van der Waals surface area contributed by atoms with Gasteiger partial charge in [0.05, 0.1) is 17.4 Å². The number of allylic oxidation sites excluding steroid dienone is 3. The number of hydrogen-bond donors (Lipinski definition) is 3. The molecule has 29 heavy (non-hydrogen) atoms. The largest absolute Gasteiger partial charge is 0.368 e. The molecule has 0 spiro atoms. The van der Waals surface area contributed by atoms with Gasteiger partial charge in [0.2, 0.25) is 5.95 Å². The minimum absolute atomic E-state index is 0.0464. The molecule has 0 fully saturated rings. The van der Waals surface area contributed by atoms with Crippen LogP contribution in [0, 0.1) is 0 Å². The third-order valence-electron chi connectivity index (χ3n) is 4.60. The van der Waals surface area contributed by atoms with Gasteiger partial charge in [-0.2, -0.15) is 0 Å². The van der Waals surface area contributed by atoms with Gasteiger partial charge in [-0.3, -0.25) is 5.01 Å². The summed E-state index contributed by atoms with van der Waals surface area (Å²) in [7, 11) is 0. The molecule has 2 aromatic heterocycles. The van der Waals surface area contributed by atoms with Crippen LogP contribution in [-0.2, 0) is 0 Å². The molecule has 7 nitrogen and oxygen atoms in total. The summed E-state index contributed by atoms with van der Waals surface area (Å²) in [6.45, 7) is 8.37. The van der Waals surface area contributed by atoms with E-state index in [0.29, 0.717) is 12.0 Å². The molecule has 1 unspecified atom stereocenters. The Morgan fingerprint density at radius 2 is 1.79 bits per heavy atom. The van der Waals surface area contributed by atoms with Crippen molar-refractivity contribution in [3.05, 3.63) is 72.0 Å². The first-order valence-electron chi connectivity index (χ1n) is 9.98. The highest BCUT2D eigenvalue weighted by atomic mass is 15.5. The molecule has 4 rings (SSSR count). The van der Waals surface area contributed by atoms with E-state index in [1.165, 1.54) is 0 Å². The van der Waals surface area contributed by atoms with Crippen LogP contribution in [0.2, 0.25) is 0 Å². The second kappa shape index (κ2) is 8.05. The summed E-state index contributed by atoms with van der Waals surface area (Å²) in [5.74, 6) is 1.50. The van der Waals surface area contributed by atoms with E-state index in [2.05, 4.69) is 65.9 Å². The number of hydrogen-bond acceptors (Lipinski definition) is 7. The van der Waals surface area contributed by atoms with E-state index >= 15 is 0 Å². The van der Waals surface area contributed by atoms with Crippen LogP contribution in [0.5, 0.6) is 0 Å². The van der Waals surface area contributed by atoms with Crippen molar-refractivity contribution in [2.24, 2.45) is 0 Å². The summed E-state index contributed by atoms with van der Waals surface area (Å²) < 4.78 is 0. The van der Waals surface area contributed by atoms with Gasteiger partial charge >= 0.3 is 0 Å². The molecular weight excluding hydrogens is 362 g/mol. The Hall–Kier alpha value is -3.19. The van der Waals surface area contributed by atoms with Crippen molar-refractivity contribution >= 4 is 17.3 Å². The molecule has 3 N–H and O–H groups in total. The van der Waals surface area contributed by atoms with Crippen molar-refractivity contribution in [1.29, 1.82) is 0 Å². The molecule has 1 atom stereocenters. The fourth-order valence-corrected chi connectivity index (χ4v) is 3.48. The number of pyridine rings is 1. The summed E-state index contributed by atoms with van der Waals surface area (Å²) in [4.78, 5) is 13.6. The first-order valence-corrected chi connectivity index (χ1v) is 9.98. The van der Waals surface area contributed by atoms with Gasteiger partial charge in [0.15, 0.2) is 0 Å². The highest BCUT2D eigenvalue weighted by molar-refractivity contribution is 5.76. The fraction of sp³-hybridized carbons (Fsp3) is 0.318. The number of nitrogens with zero attached hydrogens (tertiary/aromatic N) is 4. The SMILES string of the molecule is CC(C)Nc1cc(C2NN3C=CC=CC3=C2c2ccnc(NC(C)C)n2)ccn1. The lowest BCUT2D eigenvalue weighted by Crippen LogP contribution is -2.29. The van der Waals surface area contributed by atoms with Gasteiger partial charge in [0, 0.05) is 36.3 Å². The number of hydrazine groups is 1. The van der Waals surface area contributed by atoms with Gasteiger partial charge in [-0.15, -0.1) is 0 Å². The molecular formula is C22H27N7. The predicted molar refractivity (Wildman–Crippen MR) is 117 cm³/mol. The lowest BCUT2D eigenvalue weighted by atomic mass is 9.96. The number of aromatic nitrogens is 3. The predicted octanol–water partition coefficient (Wildman–Crippen LogP) is 3.87. The molecule has 2 aliphatic heterocycles. The average Bonchev–Trinajstić information content (AvgIpc) is 3.07. The lowest BCUT2D eigenvalue weighted by molar-refractivity contribution is 0.354. The highest BCUT2D eigenvalue weighted by Gasteiger charge is 2.33. The quantitative estimate of drug-likeness (QED) is 0.692. The molecule has 0 aromatic carbocycles. The van der Waals surface area contributed by atoms with Crippen molar-refractivity contribution in [1.82, 2.24) is 25.4 Å². The maximum absolute atomic E-state index is 4.80. The summed E-state index contributed by atoms with van der Waals surface area (Å²) in [5, 5.41) is 8.73. The van der Waals surface area contributed by atoms with E-state index in [-0.39, 0.29) is 12.1 Å². The van der Waals surface area contributed by atoms with Crippen molar-refractivity contribution in [2.75, 3.05) is 10.6 Å². The van der Waals surface area contributed by atoms with Gasteiger partial charge in [0.1, 0.15) is 5.82 Å². The van der Waals surface area contributed by atoms with E-state index in [1.54, 1.807) is 6.20 Å². The molecule has 2 aromatic rings. The zero-order chi connectivity index (χ0) is 20.4. The van der Waals surface area contributed by atoms with Crippen LogP contribution in [0.4, 0.5) is 11.8 Å².